The Hall–Kier alpha value is -1.96. The van der Waals surface area contributed by atoms with E-state index in [1.165, 1.54) is 0 Å². The minimum absolute atomic E-state index is 0. The zero-order valence-electron chi connectivity index (χ0n) is 11.9. The van der Waals surface area contributed by atoms with Gasteiger partial charge in [0.25, 0.3) is 5.91 Å². The average molecular weight is 324 g/mol. The van der Waals surface area contributed by atoms with Gasteiger partial charge >= 0.3 is 0 Å². The van der Waals surface area contributed by atoms with Gasteiger partial charge in [-0.25, -0.2) is 0 Å². The van der Waals surface area contributed by atoms with Crippen molar-refractivity contribution in [1.29, 1.82) is 0 Å². The van der Waals surface area contributed by atoms with E-state index in [4.69, 9.17) is 4.74 Å². The summed E-state index contributed by atoms with van der Waals surface area (Å²) < 4.78 is 7.30. The van der Waals surface area contributed by atoms with Crippen LogP contribution < -0.4 is 10.6 Å². The van der Waals surface area contributed by atoms with E-state index in [2.05, 4.69) is 20.8 Å². The molecule has 1 atom stereocenters. The monoisotopic (exact) mass is 323 g/mol. The summed E-state index contributed by atoms with van der Waals surface area (Å²) in [6, 6.07) is 7.32. The SMILES string of the molecule is Cl.O=C(NCC1CNCCO1)c1cccc(-n2cnnc2)c1. The Morgan fingerprint density at radius 3 is 2.95 bits per heavy atom. The number of nitrogens with zero attached hydrogens (tertiary/aromatic N) is 3. The fourth-order valence-electron chi connectivity index (χ4n) is 2.20. The number of amides is 1. The van der Waals surface area contributed by atoms with Crippen LogP contribution in [-0.2, 0) is 4.74 Å². The second-order valence-electron chi connectivity index (χ2n) is 4.83. The number of benzene rings is 1. The first-order valence-electron chi connectivity index (χ1n) is 6.88. The molecule has 1 fully saturated rings. The second kappa shape index (κ2) is 7.88. The van der Waals surface area contributed by atoms with Crippen molar-refractivity contribution in [1.82, 2.24) is 25.4 Å². The van der Waals surface area contributed by atoms with E-state index in [0.29, 0.717) is 18.7 Å². The lowest BCUT2D eigenvalue weighted by Gasteiger charge is -2.23. The van der Waals surface area contributed by atoms with Gasteiger partial charge in [0.2, 0.25) is 0 Å². The van der Waals surface area contributed by atoms with E-state index in [1.807, 2.05) is 12.1 Å². The topological polar surface area (TPSA) is 81.1 Å². The number of hydrogen-bond donors (Lipinski definition) is 2. The predicted molar refractivity (Wildman–Crippen MR) is 83.5 cm³/mol. The van der Waals surface area contributed by atoms with Crippen molar-refractivity contribution in [3.63, 3.8) is 0 Å². The first-order chi connectivity index (χ1) is 10.3. The molecule has 1 saturated heterocycles. The number of rotatable bonds is 4. The van der Waals surface area contributed by atoms with E-state index in [-0.39, 0.29) is 24.4 Å². The molecular weight excluding hydrogens is 306 g/mol. The third kappa shape index (κ3) is 4.03. The molecule has 2 N–H and O–H groups in total. The smallest absolute Gasteiger partial charge is 0.251 e. The van der Waals surface area contributed by atoms with Crippen molar-refractivity contribution in [3.05, 3.63) is 42.5 Å². The quantitative estimate of drug-likeness (QED) is 0.851. The van der Waals surface area contributed by atoms with Gasteiger partial charge in [-0.05, 0) is 18.2 Å². The first-order valence-corrected chi connectivity index (χ1v) is 6.88. The summed E-state index contributed by atoms with van der Waals surface area (Å²) in [5.74, 6) is -0.112. The highest BCUT2D eigenvalue weighted by Crippen LogP contribution is 2.09. The molecular formula is C14H18ClN5O2. The van der Waals surface area contributed by atoms with Crippen LogP contribution in [0.15, 0.2) is 36.9 Å². The number of carbonyl (C=O) groups excluding carboxylic acids is 1. The molecule has 1 aromatic heterocycles. The summed E-state index contributed by atoms with van der Waals surface area (Å²) in [5, 5.41) is 13.6. The van der Waals surface area contributed by atoms with Crippen LogP contribution in [0.2, 0.25) is 0 Å². The van der Waals surface area contributed by atoms with Gasteiger partial charge in [0, 0.05) is 30.9 Å². The van der Waals surface area contributed by atoms with Gasteiger partial charge in [0.05, 0.1) is 12.7 Å². The van der Waals surface area contributed by atoms with Gasteiger partial charge in [0.1, 0.15) is 12.7 Å². The lowest BCUT2D eigenvalue weighted by Crippen LogP contribution is -2.45. The third-order valence-corrected chi connectivity index (χ3v) is 3.32. The molecule has 2 heterocycles. The number of hydrogen-bond acceptors (Lipinski definition) is 5. The molecule has 0 saturated carbocycles. The zero-order valence-corrected chi connectivity index (χ0v) is 12.8. The minimum Gasteiger partial charge on any atom is -0.374 e. The number of morpholine rings is 1. The van der Waals surface area contributed by atoms with Crippen molar-refractivity contribution in [2.45, 2.75) is 6.10 Å². The molecule has 7 nitrogen and oxygen atoms in total. The lowest BCUT2D eigenvalue weighted by atomic mass is 10.2. The summed E-state index contributed by atoms with van der Waals surface area (Å²) in [6.07, 6.45) is 3.22. The molecule has 0 spiro atoms. The van der Waals surface area contributed by atoms with Crippen molar-refractivity contribution in [2.24, 2.45) is 0 Å². The van der Waals surface area contributed by atoms with Gasteiger partial charge < -0.3 is 15.4 Å². The molecule has 0 aliphatic carbocycles. The van der Waals surface area contributed by atoms with Crippen LogP contribution in [0.25, 0.3) is 5.69 Å². The summed E-state index contributed by atoms with van der Waals surface area (Å²) in [7, 11) is 0. The van der Waals surface area contributed by atoms with Crippen LogP contribution in [0.3, 0.4) is 0 Å². The van der Waals surface area contributed by atoms with Gasteiger partial charge in [-0.3, -0.25) is 9.36 Å². The molecule has 0 radical (unpaired) electrons. The van der Waals surface area contributed by atoms with Crippen LogP contribution in [0, 0.1) is 0 Å². The highest BCUT2D eigenvalue weighted by Gasteiger charge is 2.15. The molecule has 1 aliphatic rings. The molecule has 0 bridgehead atoms. The number of carbonyl (C=O) groups is 1. The normalized spacial score (nSPS) is 17.5. The number of nitrogens with one attached hydrogen (secondary N) is 2. The Morgan fingerprint density at radius 1 is 1.41 bits per heavy atom. The Labute approximate surface area is 134 Å². The van der Waals surface area contributed by atoms with Crippen LogP contribution in [0.5, 0.6) is 0 Å². The van der Waals surface area contributed by atoms with Crippen LogP contribution >= 0.6 is 12.4 Å². The maximum Gasteiger partial charge on any atom is 0.251 e. The second-order valence-corrected chi connectivity index (χ2v) is 4.83. The standard InChI is InChI=1S/C14H17N5O2.ClH/c20-14(16-8-13-7-15-4-5-21-13)11-2-1-3-12(6-11)19-9-17-18-10-19;/h1-3,6,9-10,13,15H,4-5,7-8H2,(H,16,20);1H. The van der Waals surface area contributed by atoms with Gasteiger partial charge in [0.15, 0.2) is 0 Å². The maximum atomic E-state index is 12.2. The van der Waals surface area contributed by atoms with E-state index in [9.17, 15) is 4.79 Å². The van der Waals surface area contributed by atoms with E-state index in [1.54, 1.807) is 29.4 Å². The fraction of sp³-hybridized carbons (Fsp3) is 0.357. The zero-order chi connectivity index (χ0) is 14.5. The van der Waals surface area contributed by atoms with Crippen molar-refractivity contribution in [2.75, 3.05) is 26.2 Å². The predicted octanol–water partition coefficient (Wildman–Crippen LogP) is 0.407. The van der Waals surface area contributed by atoms with Crippen LogP contribution in [0.1, 0.15) is 10.4 Å². The molecule has 1 aromatic carbocycles. The highest BCUT2D eigenvalue weighted by molar-refractivity contribution is 5.94. The molecule has 1 unspecified atom stereocenters. The van der Waals surface area contributed by atoms with E-state index >= 15 is 0 Å². The van der Waals surface area contributed by atoms with Crippen molar-refractivity contribution < 1.29 is 9.53 Å². The van der Waals surface area contributed by atoms with Gasteiger partial charge in [-0.1, -0.05) is 6.07 Å². The molecule has 1 amide bonds. The largest absolute Gasteiger partial charge is 0.374 e. The Bertz CT molecular complexity index is 599. The summed E-state index contributed by atoms with van der Waals surface area (Å²) in [4.78, 5) is 12.2. The van der Waals surface area contributed by atoms with Crippen molar-refractivity contribution in [3.8, 4) is 5.69 Å². The first kappa shape index (κ1) is 16.4. The molecule has 8 heteroatoms. The fourth-order valence-corrected chi connectivity index (χ4v) is 2.20. The Balaban J connectivity index is 0.00000176. The summed E-state index contributed by atoms with van der Waals surface area (Å²) >= 11 is 0. The third-order valence-electron chi connectivity index (χ3n) is 3.32. The highest BCUT2D eigenvalue weighted by atomic mass is 35.5. The van der Waals surface area contributed by atoms with Gasteiger partial charge in [-0.15, -0.1) is 22.6 Å². The number of ether oxygens (including phenoxy) is 1. The molecule has 22 heavy (non-hydrogen) atoms. The Kier molecular flexibility index (Phi) is 5.88. The van der Waals surface area contributed by atoms with Crippen molar-refractivity contribution >= 4 is 18.3 Å². The summed E-state index contributed by atoms with van der Waals surface area (Å²) in [6.45, 7) is 2.82. The lowest BCUT2D eigenvalue weighted by molar-refractivity contribution is 0.0287. The molecule has 1 aliphatic heterocycles. The maximum absolute atomic E-state index is 12.2. The van der Waals surface area contributed by atoms with E-state index in [0.717, 1.165) is 18.8 Å². The molecule has 2 aromatic rings. The van der Waals surface area contributed by atoms with Crippen LogP contribution in [0.4, 0.5) is 0 Å². The Morgan fingerprint density at radius 2 is 2.23 bits per heavy atom. The number of halogens is 1. The minimum atomic E-state index is -0.112. The molecule has 3 rings (SSSR count). The average Bonchev–Trinajstić information content (AvgIpc) is 3.08. The molecule has 118 valence electrons. The van der Waals surface area contributed by atoms with Crippen LogP contribution in [-0.4, -0.2) is 53.0 Å². The van der Waals surface area contributed by atoms with E-state index < -0.39 is 0 Å². The summed E-state index contributed by atoms with van der Waals surface area (Å²) in [5.41, 5.74) is 1.45. The number of aromatic nitrogens is 3. The van der Waals surface area contributed by atoms with Gasteiger partial charge in [-0.2, -0.15) is 0 Å².